The molecule has 3 heterocycles. The predicted octanol–water partition coefficient (Wildman–Crippen LogP) is 2.64. The first-order valence-corrected chi connectivity index (χ1v) is 11.6. The molecule has 1 amide bonds. The van der Waals surface area contributed by atoms with Crippen molar-refractivity contribution in [2.24, 2.45) is 0 Å². The quantitative estimate of drug-likeness (QED) is 0.674. The fraction of sp³-hybridized carbons (Fsp3) is 0.333. The van der Waals surface area contributed by atoms with Crippen LogP contribution in [0.2, 0.25) is 0 Å². The largest absolute Gasteiger partial charge is 0.474 e. The number of carbonyl (C=O) groups is 1. The minimum atomic E-state index is -3.33. The number of pyridine rings is 1. The molecule has 0 atom stereocenters. The molecule has 1 fully saturated rings. The number of nitrogens with one attached hydrogen (secondary N) is 1. The molecule has 1 aliphatic rings. The Morgan fingerprint density at radius 3 is 2.63 bits per heavy atom. The lowest BCUT2D eigenvalue weighted by Gasteiger charge is -2.32. The van der Waals surface area contributed by atoms with Gasteiger partial charge < -0.3 is 14.6 Å². The Hall–Kier alpha value is -3.07. The van der Waals surface area contributed by atoms with Crippen LogP contribution in [-0.4, -0.2) is 61.7 Å². The maximum atomic E-state index is 12.8. The van der Waals surface area contributed by atoms with Crippen LogP contribution in [0.15, 0.2) is 48.8 Å². The molecule has 0 saturated carbocycles. The van der Waals surface area contributed by atoms with E-state index in [4.69, 9.17) is 4.74 Å². The van der Waals surface area contributed by atoms with Crippen LogP contribution in [0, 0.1) is 0 Å². The van der Waals surface area contributed by atoms with E-state index in [-0.39, 0.29) is 12.0 Å². The number of H-pyrrole nitrogens is 1. The molecule has 2 aromatic heterocycles. The van der Waals surface area contributed by atoms with Gasteiger partial charge in [-0.15, -0.1) is 0 Å². The third-order valence-corrected chi connectivity index (χ3v) is 6.61. The SMILES string of the molecule is CN(c1ccc(OC2CCN(C(=O)c3ccc4cc[nH]c4c3)CC2)nc1)S(C)(=O)=O. The second-order valence-electron chi connectivity index (χ2n) is 7.47. The highest BCUT2D eigenvalue weighted by Gasteiger charge is 2.25. The summed E-state index contributed by atoms with van der Waals surface area (Å²) in [6.07, 6.45) is 5.87. The fourth-order valence-electron chi connectivity index (χ4n) is 3.53. The Labute approximate surface area is 175 Å². The number of aromatic nitrogens is 2. The van der Waals surface area contributed by atoms with Gasteiger partial charge in [-0.2, -0.15) is 0 Å². The molecule has 0 unspecified atom stereocenters. The molecule has 0 radical (unpaired) electrons. The zero-order valence-electron chi connectivity index (χ0n) is 16.9. The first kappa shape index (κ1) is 20.2. The number of hydrogen-bond acceptors (Lipinski definition) is 5. The summed E-state index contributed by atoms with van der Waals surface area (Å²) < 4.78 is 30.3. The molecule has 0 bridgehead atoms. The molecule has 30 heavy (non-hydrogen) atoms. The standard InChI is InChI=1S/C21H24N4O4S/c1-24(30(2,27)28)17-5-6-20(23-14-17)29-18-8-11-25(12-9-18)21(26)16-4-3-15-7-10-22-19(15)13-16/h3-7,10,13-14,18,22H,8-9,11-12H2,1-2H3. The number of benzene rings is 1. The first-order valence-electron chi connectivity index (χ1n) is 9.74. The van der Waals surface area contributed by atoms with Gasteiger partial charge in [-0.25, -0.2) is 13.4 Å². The Bertz CT molecular complexity index is 1150. The number of aromatic amines is 1. The number of rotatable bonds is 5. The first-order chi connectivity index (χ1) is 14.3. The van der Waals surface area contributed by atoms with Gasteiger partial charge in [0.25, 0.3) is 5.91 Å². The number of nitrogens with zero attached hydrogens (tertiary/aromatic N) is 3. The van der Waals surface area contributed by atoms with Crippen molar-refractivity contribution in [2.75, 3.05) is 30.7 Å². The van der Waals surface area contributed by atoms with Crippen LogP contribution in [0.3, 0.4) is 0 Å². The number of likely N-dealkylation sites (tertiary alicyclic amines) is 1. The Balaban J connectivity index is 1.33. The summed E-state index contributed by atoms with van der Waals surface area (Å²) in [6.45, 7) is 1.22. The third-order valence-electron chi connectivity index (χ3n) is 5.40. The van der Waals surface area contributed by atoms with Crippen molar-refractivity contribution in [2.45, 2.75) is 18.9 Å². The highest BCUT2D eigenvalue weighted by Crippen LogP contribution is 2.22. The fourth-order valence-corrected chi connectivity index (χ4v) is 4.02. The molecule has 1 aromatic carbocycles. The molecular formula is C21H24N4O4S. The third kappa shape index (κ3) is 4.25. The number of ether oxygens (including phenoxy) is 1. The van der Waals surface area contributed by atoms with Crippen molar-refractivity contribution in [1.29, 1.82) is 0 Å². The van der Waals surface area contributed by atoms with Gasteiger partial charge in [0, 0.05) is 56.3 Å². The number of sulfonamides is 1. The summed E-state index contributed by atoms with van der Waals surface area (Å²) in [6, 6.07) is 11.0. The molecule has 8 nitrogen and oxygen atoms in total. The number of fused-ring (bicyclic) bond motifs is 1. The molecule has 158 valence electrons. The maximum absolute atomic E-state index is 12.8. The molecule has 1 saturated heterocycles. The summed E-state index contributed by atoms with van der Waals surface area (Å²) in [5.74, 6) is 0.471. The van der Waals surface area contributed by atoms with E-state index in [1.54, 1.807) is 12.1 Å². The molecule has 4 rings (SSSR count). The van der Waals surface area contributed by atoms with Gasteiger partial charge in [0.1, 0.15) is 6.10 Å². The number of anilines is 1. The van der Waals surface area contributed by atoms with Gasteiger partial charge in [0.2, 0.25) is 15.9 Å². The number of carbonyl (C=O) groups excluding carboxylic acids is 1. The van der Waals surface area contributed by atoms with Gasteiger partial charge in [-0.1, -0.05) is 6.07 Å². The van der Waals surface area contributed by atoms with E-state index < -0.39 is 10.0 Å². The zero-order valence-corrected chi connectivity index (χ0v) is 17.7. The lowest BCUT2D eigenvalue weighted by Crippen LogP contribution is -2.41. The average molecular weight is 429 g/mol. The van der Waals surface area contributed by atoms with E-state index in [9.17, 15) is 13.2 Å². The minimum Gasteiger partial charge on any atom is -0.474 e. The number of hydrogen-bond donors (Lipinski definition) is 1. The molecule has 0 spiro atoms. The normalized spacial score (nSPS) is 15.3. The molecule has 3 aromatic rings. The summed E-state index contributed by atoms with van der Waals surface area (Å²) in [5.41, 5.74) is 2.11. The van der Waals surface area contributed by atoms with Crippen molar-refractivity contribution < 1.29 is 17.9 Å². The summed E-state index contributed by atoms with van der Waals surface area (Å²) in [5, 5.41) is 1.08. The molecular weight excluding hydrogens is 404 g/mol. The Morgan fingerprint density at radius 2 is 1.97 bits per heavy atom. The van der Waals surface area contributed by atoms with Crippen molar-refractivity contribution in [3.8, 4) is 5.88 Å². The van der Waals surface area contributed by atoms with Gasteiger partial charge in [0.15, 0.2) is 0 Å². The second kappa shape index (κ2) is 7.98. The van der Waals surface area contributed by atoms with E-state index in [2.05, 4.69) is 9.97 Å². The minimum absolute atomic E-state index is 0.0243. The zero-order chi connectivity index (χ0) is 21.3. The number of amides is 1. The number of piperidine rings is 1. The summed E-state index contributed by atoms with van der Waals surface area (Å²) >= 11 is 0. The van der Waals surface area contributed by atoms with Gasteiger partial charge in [-0.3, -0.25) is 9.10 Å². The van der Waals surface area contributed by atoms with Crippen LogP contribution in [0.25, 0.3) is 10.9 Å². The predicted molar refractivity (Wildman–Crippen MR) is 115 cm³/mol. The van der Waals surface area contributed by atoms with Gasteiger partial charge in [-0.05, 0) is 29.7 Å². The monoisotopic (exact) mass is 428 g/mol. The van der Waals surface area contributed by atoms with Crippen molar-refractivity contribution >= 4 is 32.5 Å². The molecule has 1 aliphatic heterocycles. The summed E-state index contributed by atoms with van der Waals surface area (Å²) in [4.78, 5) is 22.0. The van der Waals surface area contributed by atoms with Crippen molar-refractivity contribution in [1.82, 2.24) is 14.9 Å². The van der Waals surface area contributed by atoms with Crippen LogP contribution >= 0.6 is 0 Å². The second-order valence-corrected chi connectivity index (χ2v) is 9.49. The van der Waals surface area contributed by atoms with Crippen LogP contribution < -0.4 is 9.04 Å². The molecule has 0 aliphatic carbocycles. The smallest absolute Gasteiger partial charge is 0.253 e. The molecule has 1 N–H and O–H groups in total. The Kier molecular flexibility index (Phi) is 5.38. The highest BCUT2D eigenvalue weighted by molar-refractivity contribution is 7.92. The van der Waals surface area contributed by atoms with E-state index in [1.165, 1.54) is 17.5 Å². The average Bonchev–Trinajstić information content (AvgIpc) is 3.21. The van der Waals surface area contributed by atoms with E-state index in [1.807, 2.05) is 35.4 Å². The van der Waals surface area contributed by atoms with Crippen molar-refractivity contribution in [3.05, 3.63) is 54.4 Å². The summed E-state index contributed by atoms with van der Waals surface area (Å²) in [7, 11) is -1.85. The van der Waals surface area contributed by atoms with E-state index in [0.717, 1.165) is 17.2 Å². The van der Waals surface area contributed by atoms with Gasteiger partial charge in [0.05, 0.1) is 18.1 Å². The van der Waals surface area contributed by atoms with Crippen molar-refractivity contribution in [3.63, 3.8) is 0 Å². The van der Waals surface area contributed by atoms with Crippen LogP contribution in [0.5, 0.6) is 5.88 Å². The Morgan fingerprint density at radius 1 is 1.20 bits per heavy atom. The van der Waals surface area contributed by atoms with Crippen LogP contribution in [-0.2, 0) is 10.0 Å². The molecule has 9 heteroatoms. The van der Waals surface area contributed by atoms with Crippen LogP contribution in [0.1, 0.15) is 23.2 Å². The lowest BCUT2D eigenvalue weighted by atomic mass is 10.1. The van der Waals surface area contributed by atoms with Crippen LogP contribution in [0.4, 0.5) is 5.69 Å². The highest BCUT2D eigenvalue weighted by atomic mass is 32.2. The van der Waals surface area contributed by atoms with Gasteiger partial charge >= 0.3 is 0 Å². The van der Waals surface area contributed by atoms with E-state index >= 15 is 0 Å². The lowest BCUT2D eigenvalue weighted by molar-refractivity contribution is 0.0588. The van der Waals surface area contributed by atoms with E-state index in [0.29, 0.717) is 43.1 Å². The maximum Gasteiger partial charge on any atom is 0.253 e. The topological polar surface area (TPSA) is 95.6 Å².